The number of carbonyl (C=O) groups is 1. The van der Waals surface area contributed by atoms with Gasteiger partial charge in [0.05, 0.1) is 0 Å². The molecular weight excluding hydrogens is 286 g/mol. The van der Waals surface area contributed by atoms with Gasteiger partial charge in [0.15, 0.2) is 0 Å². The van der Waals surface area contributed by atoms with E-state index in [-0.39, 0.29) is 18.0 Å². The van der Waals surface area contributed by atoms with Crippen molar-refractivity contribution >= 4 is 17.3 Å². The van der Waals surface area contributed by atoms with E-state index < -0.39 is 0 Å². The summed E-state index contributed by atoms with van der Waals surface area (Å²) in [5.41, 5.74) is 10.0. The number of nitrogens with zero attached hydrogens (tertiary/aromatic N) is 2. The predicted molar refractivity (Wildman–Crippen MR) is 95.0 cm³/mol. The first-order valence-electron chi connectivity index (χ1n) is 7.94. The summed E-state index contributed by atoms with van der Waals surface area (Å²) < 4.78 is 0. The summed E-state index contributed by atoms with van der Waals surface area (Å²) in [5, 5.41) is 0. The monoisotopic (exact) mass is 309 g/mol. The molecule has 0 saturated heterocycles. The second kappa shape index (κ2) is 6.05. The molecule has 0 unspecified atom stereocenters. The average molecular weight is 309 g/mol. The highest BCUT2D eigenvalue weighted by atomic mass is 16.2. The van der Waals surface area contributed by atoms with Crippen LogP contribution in [0.15, 0.2) is 48.5 Å². The maximum atomic E-state index is 13.0. The molecule has 4 heteroatoms. The van der Waals surface area contributed by atoms with Crippen LogP contribution in [0.5, 0.6) is 0 Å². The van der Waals surface area contributed by atoms with E-state index in [0.717, 1.165) is 23.4 Å². The van der Waals surface area contributed by atoms with E-state index in [0.29, 0.717) is 5.56 Å². The Labute approximate surface area is 137 Å². The van der Waals surface area contributed by atoms with Gasteiger partial charge in [0, 0.05) is 43.1 Å². The van der Waals surface area contributed by atoms with Crippen LogP contribution in [0.2, 0.25) is 0 Å². The van der Waals surface area contributed by atoms with Crippen molar-refractivity contribution in [3.63, 3.8) is 0 Å². The first-order chi connectivity index (χ1) is 11.0. The Kier molecular flexibility index (Phi) is 4.09. The molecule has 1 amide bonds. The molecule has 2 atom stereocenters. The molecule has 3 rings (SSSR count). The van der Waals surface area contributed by atoms with Crippen molar-refractivity contribution in [3.8, 4) is 0 Å². The minimum atomic E-state index is -0.0126. The van der Waals surface area contributed by atoms with Crippen LogP contribution in [0.25, 0.3) is 0 Å². The molecule has 23 heavy (non-hydrogen) atoms. The molecule has 2 N–H and O–H groups in total. The lowest BCUT2D eigenvalue weighted by Gasteiger charge is -2.38. The van der Waals surface area contributed by atoms with Crippen molar-refractivity contribution in [3.05, 3.63) is 59.7 Å². The topological polar surface area (TPSA) is 49.6 Å². The largest absolute Gasteiger partial charge is 0.378 e. The molecule has 0 saturated carbocycles. The van der Waals surface area contributed by atoms with E-state index >= 15 is 0 Å². The molecule has 1 heterocycles. The van der Waals surface area contributed by atoms with Gasteiger partial charge in [0.2, 0.25) is 0 Å². The second-order valence-electron chi connectivity index (χ2n) is 6.37. The Bertz CT molecular complexity index is 709. The number of nitrogens with two attached hydrogens (primary N) is 1. The number of benzene rings is 2. The molecule has 1 aliphatic rings. The van der Waals surface area contributed by atoms with E-state index in [9.17, 15) is 4.79 Å². The average Bonchev–Trinajstić information content (AvgIpc) is 2.55. The lowest BCUT2D eigenvalue weighted by Crippen LogP contribution is -2.44. The van der Waals surface area contributed by atoms with Crippen molar-refractivity contribution in [1.82, 2.24) is 0 Å². The summed E-state index contributed by atoms with van der Waals surface area (Å²) in [5.74, 6) is 0.0298. The van der Waals surface area contributed by atoms with E-state index in [1.165, 1.54) is 0 Å². The zero-order valence-corrected chi connectivity index (χ0v) is 13.9. The molecule has 120 valence electrons. The van der Waals surface area contributed by atoms with E-state index in [1.54, 1.807) is 0 Å². The minimum absolute atomic E-state index is 0.0126. The van der Waals surface area contributed by atoms with Gasteiger partial charge in [-0.2, -0.15) is 0 Å². The van der Waals surface area contributed by atoms with Crippen molar-refractivity contribution in [2.24, 2.45) is 5.73 Å². The molecule has 1 aliphatic heterocycles. The van der Waals surface area contributed by atoms with E-state index in [1.807, 2.05) is 72.4 Å². The third-order valence-corrected chi connectivity index (χ3v) is 4.48. The van der Waals surface area contributed by atoms with Gasteiger partial charge >= 0.3 is 0 Å². The minimum Gasteiger partial charge on any atom is -0.378 e. The first kappa shape index (κ1) is 15.6. The van der Waals surface area contributed by atoms with Gasteiger partial charge in [-0.25, -0.2) is 0 Å². The van der Waals surface area contributed by atoms with Crippen LogP contribution >= 0.6 is 0 Å². The van der Waals surface area contributed by atoms with Crippen LogP contribution in [-0.2, 0) is 0 Å². The summed E-state index contributed by atoms with van der Waals surface area (Å²) >= 11 is 0. The van der Waals surface area contributed by atoms with Crippen molar-refractivity contribution in [2.45, 2.75) is 25.4 Å². The number of hydrogen-bond donors (Lipinski definition) is 1. The highest BCUT2D eigenvalue weighted by molar-refractivity contribution is 6.07. The fraction of sp³-hybridized carbons (Fsp3) is 0.316. The summed E-state index contributed by atoms with van der Waals surface area (Å²) in [7, 11) is 3.97. The van der Waals surface area contributed by atoms with Gasteiger partial charge in [-0.05, 0) is 49.2 Å². The molecule has 0 aromatic heterocycles. The fourth-order valence-corrected chi connectivity index (χ4v) is 3.21. The zero-order chi connectivity index (χ0) is 16.6. The number of rotatable bonds is 2. The summed E-state index contributed by atoms with van der Waals surface area (Å²) in [4.78, 5) is 16.9. The number of carbonyl (C=O) groups excluding carboxylic acids is 1. The lowest BCUT2D eigenvalue weighted by molar-refractivity contribution is 0.0974. The number of para-hydroxylation sites is 1. The SMILES string of the molecule is C[C@@H]1C[C@H](N)c2ccccc2N1C(=O)c1ccc(N(C)C)cc1. The van der Waals surface area contributed by atoms with Crippen molar-refractivity contribution in [2.75, 3.05) is 23.9 Å². The molecule has 2 aromatic carbocycles. The smallest absolute Gasteiger partial charge is 0.258 e. The highest BCUT2D eigenvalue weighted by Crippen LogP contribution is 2.36. The highest BCUT2D eigenvalue weighted by Gasteiger charge is 2.32. The maximum absolute atomic E-state index is 13.0. The van der Waals surface area contributed by atoms with Crippen LogP contribution in [-0.4, -0.2) is 26.0 Å². The molecule has 0 fully saturated rings. The van der Waals surface area contributed by atoms with E-state index in [4.69, 9.17) is 5.73 Å². The Morgan fingerprint density at radius 2 is 1.78 bits per heavy atom. The lowest BCUT2D eigenvalue weighted by atomic mass is 9.92. The summed E-state index contributed by atoms with van der Waals surface area (Å²) in [6, 6.07) is 15.7. The molecule has 4 nitrogen and oxygen atoms in total. The fourth-order valence-electron chi connectivity index (χ4n) is 3.21. The number of hydrogen-bond acceptors (Lipinski definition) is 3. The molecule has 0 radical (unpaired) electrons. The third kappa shape index (κ3) is 2.82. The van der Waals surface area contributed by atoms with Gasteiger partial charge in [0.25, 0.3) is 5.91 Å². The first-order valence-corrected chi connectivity index (χ1v) is 7.94. The molecular formula is C19H23N3O. The normalized spacial score (nSPS) is 20.1. The molecule has 0 bridgehead atoms. The van der Waals surface area contributed by atoms with E-state index in [2.05, 4.69) is 6.92 Å². The summed E-state index contributed by atoms with van der Waals surface area (Å²) in [6.45, 7) is 2.06. The van der Waals surface area contributed by atoms with Gasteiger partial charge < -0.3 is 15.5 Å². The Morgan fingerprint density at radius 1 is 1.13 bits per heavy atom. The Hall–Kier alpha value is -2.33. The second-order valence-corrected chi connectivity index (χ2v) is 6.37. The third-order valence-electron chi connectivity index (χ3n) is 4.48. The van der Waals surface area contributed by atoms with Gasteiger partial charge in [0.1, 0.15) is 0 Å². The quantitative estimate of drug-likeness (QED) is 0.927. The zero-order valence-electron chi connectivity index (χ0n) is 13.9. The van der Waals surface area contributed by atoms with Gasteiger partial charge in [-0.1, -0.05) is 18.2 Å². The number of fused-ring (bicyclic) bond motifs is 1. The molecule has 0 aliphatic carbocycles. The Balaban J connectivity index is 1.97. The van der Waals surface area contributed by atoms with Crippen LogP contribution in [0, 0.1) is 0 Å². The Morgan fingerprint density at radius 3 is 2.43 bits per heavy atom. The molecule has 0 spiro atoms. The summed E-state index contributed by atoms with van der Waals surface area (Å²) in [6.07, 6.45) is 0.776. The number of amides is 1. The van der Waals surface area contributed by atoms with Crippen LogP contribution in [0.3, 0.4) is 0 Å². The van der Waals surface area contributed by atoms with Crippen molar-refractivity contribution in [1.29, 1.82) is 0 Å². The maximum Gasteiger partial charge on any atom is 0.258 e. The predicted octanol–water partition coefficient (Wildman–Crippen LogP) is 3.19. The van der Waals surface area contributed by atoms with Crippen LogP contribution in [0.1, 0.15) is 35.3 Å². The van der Waals surface area contributed by atoms with Gasteiger partial charge in [-0.3, -0.25) is 4.79 Å². The molecule has 2 aromatic rings. The van der Waals surface area contributed by atoms with Gasteiger partial charge in [-0.15, -0.1) is 0 Å². The number of anilines is 2. The van der Waals surface area contributed by atoms with Crippen LogP contribution < -0.4 is 15.5 Å². The van der Waals surface area contributed by atoms with Crippen LogP contribution in [0.4, 0.5) is 11.4 Å². The standard InChI is InChI=1S/C19H23N3O/c1-13-12-17(20)16-6-4-5-7-18(16)22(13)19(23)14-8-10-15(11-9-14)21(2)3/h4-11,13,17H,12,20H2,1-3H3/t13-,17+/m1/s1. The van der Waals surface area contributed by atoms with Crippen molar-refractivity contribution < 1.29 is 4.79 Å².